The lowest BCUT2D eigenvalue weighted by atomic mass is 9.99. The highest BCUT2D eigenvalue weighted by Gasteiger charge is 2.24. The van der Waals surface area contributed by atoms with Crippen LogP contribution >= 0.6 is 0 Å². The molecule has 1 unspecified atom stereocenters. The molecule has 0 bridgehead atoms. The second-order valence-corrected chi connectivity index (χ2v) is 6.09. The number of hydrogen-bond acceptors (Lipinski definition) is 4. The van der Waals surface area contributed by atoms with Crippen molar-refractivity contribution in [2.75, 3.05) is 7.11 Å². The van der Waals surface area contributed by atoms with Crippen LogP contribution in [0.4, 0.5) is 4.39 Å². The first kappa shape index (κ1) is 17.1. The van der Waals surface area contributed by atoms with E-state index in [2.05, 4.69) is 10.1 Å². The van der Waals surface area contributed by atoms with E-state index < -0.39 is 0 Å². The lowest BCUT2D eigenvalue weighted by molar-refractivity contribution is -0.142. The van der Waals surface area contributed by atoms with Crippen LogP contribution in [0, 0.1) is 19.7 Å². The zero-order valence-corrected chi connectivity index (χ0v) is 14.7. The Morgan fingerprint density at radius 2 is 2.08 bits per heavy atom. The van der Waals surface area contributed by atoms with Gasteiger partial charge in [0.15, 0.2) is 0 Å². The van der Waals surface area contributed by atoms with Gasteiger partial charge in [-0.2, -0.15) is 5.10 Å². The highest BCUT2D eigenvalue weighted by Crippen LogP contribution is 2.26. The molecule has 0 radical (unpaired) electrons. The number of carbonyl (C=O) groups excluding carboxylic acids is 1. The Morgan fingerprint density at radius 1 is 1.32 bits per heavy atom. The lowest BCUT2D eigenvalue weighted by Crippen LogP contribution is -2.13. The molecule has 1 atom stereocenters. The van der Waals surface area contributed by atoms with E-state index in [1.54, 1.807) is 24.4 Å². The largest absolute Gasteiger partial charge is 0.469 e. The predicted octanol–water partition coefficient (Wildman–Crippen LogP) is 3.51. The van der Waals surface area contributed by atoms with Crippen LogP contribution < -0.4 is 0 Å². The van der Waals surface area contributed by atoms with Gasteiger partial charge in [-0.15, -0.1) is 0 Å². The summed E-state index contributed by atoms with van der Waals surface area (Å²) in [7, 11) is 1.38. The average molecular weight is 341 g/mol. The topological polar surface area (TPSA) is 57.0 Å². The molecule has 0 aliphatic carbocycles. The molecule has 2 aromatic heterocycles. The number of ether oxygens (including phenoxy) is 1. The van der Waals surface area contributed by atoms with Crippen molar-refractivity contribution in [2.45, 2.75) is 33.2 Å². The maximum absolute atomic E-state index is 14.0. The van der Waals surface area contributed by atoms with Crippen LogP contribution in [0.5, 0.6) is 0 Å². The number of aryl methyl sites for hydroxylation is 1. The molecule has 3 rings (SSSR count). The molecule has 0 spiro atoms. The Hall–Kier alpha value is -2.76. The normalized spacial score (nSPS) is 12.4. The van der Waals surface area contributed by atoms with Gasteiger partial charge in [0.25, 0.3) is 0 Å². The highest BCUT2D eigenvalue weighted by atomic mass is 19.1. The molecule has 2 heterocycles. The lowest BCUT2D eigenvalue weighted by Gasteiger charge is -2.11. The van der Waals surface area contributed by atoms with E-state index in [0.717, 1.165) is 22.5 Å². The molecular formula is C19H20FN3O2. The zero-order chi connectivity index (χ0) is 18.1. The molecule has 6 heteroatoms. The van der Waals surface area contributed by atoms with Crippen molar-refractivity contribution in [3.8, 4) is 0 Å². The fourth-order valence-electron chi connectivity index (χ4n) is 3.27. The van der Waals surface area contributed by atoms with Gasteiger partial charge in [0.2, 0.25) is 0 Å². The number of fused-ring (bicyclic) bond motifs is 1. The van der Waals surface area contributed by atoms with Gasteiger partial charge < -0.3 is 4.74 Å². The Labute approximate surface area is 145 Å². The summed E-state index contributed by atoms with van der Waals surface area (Å²) in [5, 5.41) is 5.05. The standard InChI is InChI=1S/C19H20FN3O2/c1-11(19(24)25-4)17-12(2)22-23(13(17)3)10-14-7-8-16(20)15-6-5-9-21-18(14)15/h5-9,11H,10H2,1-4H3. The molecule has 3 aromatic rings. The number of halogens is 1. The summed E-state index contributed by atoms with van der Waals surface area (Å²) in [6, 6.07) is 6.61. The molecule has 0 N–H and O–H groups in total. The minimum atomic E-state index is -0.387. The van der Waals surface area contributed by atoms with Crippen molar-refractivity contribution < 1.29 is 13.9 Å². The quantitative estimate of drug-likeness (QED) is 0.682. The first-order valence-electron chi connectivity index (χ1n) is 8.08. The molecule has 130 valence electrons. The number of methoxy groups -OCH3 is 1. The van der Waals surface area contributed by atoms with E-state index in [-0.39, 0.29) is 17.7 Å². The SMILES string of the molecule is COC(=O)C(C)c1c(C)nn(Cc2ccc(F)c3cccnc23)c1C. The van der Waals surface area contributed by atoms with E-state index in [9.17, 15) is 9.18 Å². The smallest absolute Gasteiger partial charge is 0.312 e. The van der Waals surface area contributed by atoms with Gasteiger partial charge in [-0.1, -0.05) is 6.07 Å². The summed E-state index contributed by atoms with van der Waals surface area (Å²) in [6.07, 6.45) is 1.65. The first-order valence-corrected chi connectivity index (χ1v) is 8.08. The fraction of sp³-hybridized carbons (Fsp3) is 0.316. The van der Waals surface area contributed by atoms with Gasteiger partial charge in [-0.25, -0.2) is 4.39 Å². The second kappa shape index (κ2) is 6.63. The van der Waals surface area contributed by atoms with Gasteiger partial charge in [0.1, 0.15) is 5.82 Å². The van der Waals surface area contributed by atoms with Crippen molar-refractivity contribution in [3.05, 3.63) is 58.8 Å². The third-order valence-electron chi connectivity index (χ3n) is 4.55. The average Bonchev–Trinajstić information content (AvgIpc) is 2.90. The summed E-state index contributed by atoms with van der Waals surface area (Å²) in [5.41, 5.74) is 4.04. The maximum atomic E-state index is 14.0. The Balaban J connectivity index is 2.03. The second-order valence-electron chi connectivity index (χ2n) is 6.09. The number of hydrogen-bond donors (Lipinski definition) is 0. The summed E-state index contributed by atoms with van der Waals surface area (Å²) in [6.45, 7) is 6.06. The number of carbonyl (C=O) groups is 1. The van der Waals surface area contributed by atoms with E-state index in [4.69, 9.17) is 4.74 Å². The number of aromatic nitrogens is 3. The van der Waals surface area contributed by atoms with Crippen LogP contribution in [-0.4, -0.2) is 27.8 Å². The highest BCUT2D eigenvalue weighted by molar-refractivity contribution is 5.82. The number of nitrogens with zero attached hydrogens (tertiary/aromatic N) is 3. The van der Waals surface area contributed by atoms with E-state index in [0.29, 0.717) is 17.4 Å². The number of benzene rings is 1. The van der Waals surface area contributed by atoms with Gasteiger partial charge in [-0.05, 0) is 39.0 Å². The molecule has 0 saturated carbocycles. The van der Waals surface area contributed by atoms with Crippen LogP contribution in [0.15, 0.2) is 30.5 Å². The van der Waals surface area contributed by atoms with Crippen molar-refractivity contribution in [3.63, 3.8) is 0 Å². The fourth-order valence-corrected chi connectivity index (χ4v) is 3.27. The van der Waals surface area contributed by atoms with Crippen molar-refractivity contribution in [2.24, 2.45) is 0 Å². The maximum Gasteiger partial charge on any atom is 0.312 e. The van der Waals surface area contributed by atoms with Crippen LogP contribution in [0.3, 0.4) is 0 Å². The molecule has 0 fully saturated rings. The number of esters is 1. The number of rotatable bonds is 4. The Morgan fingerprint density at radius 3 is 2.80 bits per heavy atom. The summed E-state index contributed by atoms with van der Waals surface area (Å²) in [5.74, 6) is -0.971. The van der Waals surface area contributed by atoms with Gasteiger partial charge in [-0.3, -0.25) is 14.5 Å². The first-order chi connectivity index (χ1) is 11.9. The Kier molecular flexibility index (Phi) is 4.53. The molecule has 0 aliphatic heterocycles. The third-order valence-corrected chi connectivity index (χ3v) is 4.55. The molecule has 0 aliphatic rings. The van der Waals surface area contributed by atoms with Crippen molar-refractivity contribution in [1.82, 2.24) is 14.8 Å². The van der Waals surface area contributed by atoms with Crippen molar-refractivity contribution >= 4 is 16.9 Å². The van der Waals surface area contributed by atoms with Crippen molar-refractivity contribution in [1.29, 1.82) is 0 Å². The zero-order valence-electron chi connectivity index (χ0n) is 14.7. The molecule has 5 nitrogen and oxygen atoms in total. The molecule has 0 amide bonds. The predicted molar refractivity (Wildman–Crippen MR) is 92.9 cm³/mol. The van der Waals surface area contributed by atoms with Crippen LogP contribution in [0.1, 0.15) is 35.4 Å². The van der Waals surface area contributed by atoms with Crippen LogP contribution in [-0.2, 0) is 16.1 Å². The van der Waals surface area contributed by atoms with E-state index >= 15 is 0 Å². The monoisotopic (exact) mass is 341 g/mol. The van der Waals surface area contributed by atoms with E-state index in [1.807, 2.05) is 25.5 Å². The molecular weight excluding hydrogens is 321 g/mol. The minimum absolute atomic E-state index is 0.291. The summed E-state index contributed by atoms with van der Waals surface area (Å²) in [4.78, 5) is 16.2. The third kappa shape index (κ3) is 2.99. The molecule has 1 aromatic carbocycles. The number of pyridine rings is 1. The molecule has 25 heavy (non-hydrogen) atoms. The van der Waals surface area contributed by atoms with E-state index in [1.165, 1.54) is 13.2 Å². The van der Waals surface area contributed by atoms with Crippen LogP contribution in [0.2, 0.25) is 0 Å². The van der Waals surface area contributed by atoms with Gasteiger partial charge in [0, 0.05) is 28.4 Å². The Bertz CT molecular complexity index is 949. The minimum Gasteiger partial charge on any atom is -0.469 e. The van der Waals surface area contributed by atoms with Crippen LogP contribution in [0.25, 0.3) is 10.9 Å². The van der Waals surface area contributed by atoms with Gasteiger partial charge in [0.05, 0.1) is 30.8 Å². The summed E-state index contributed by atoms with van der Waals surface area (Å²) < 4.78 is 20.6. The molecule has 0 saturated heterocycles. The summed E-state index contributed by atoms with van der Waals surface area (Å²) >= 11 is 0. The van der Waals surface area contributed by atoms with Gasteiger partial charge >= 0.3 is 5.97 Å².